The fraction of sp³-hybridized carbons (Fsp3) is 0.214. The third-order valence-corrected chi connectivity index (χ3v) is 6.03. The van der Waals surface area contributed by atoms with Gasteiger partial charge in [0.25, 0.3) is 0 Å². The molecule has 3 aromatic heterocycles. The summed E-state index contributed by atoms with van der Waals surface area (Å²) in [5.74, 6) is 1.96. The Morgan fingerprint density at radius 2 is 1.78 bits per heavy atom. The van der Waals surface area contributed by atoms with Gasteiger partial charge in [-0.3, -0.25) is 0 Å². The summed E-state index contributed by atoms with van der Waals surface area (Å²) in [6.07, 6.45) is 5.34. The maximum atomic E-state index is 8.94. The van der Waals surface area contributed by atoms with Crippen LogP contribution in [-0.2, 0) is 0 Å². The molecule has 2 aromatic carbocycles. The molecule has 0 aliphatic rings. The van der Waals surface area contributed by atoms with Crippen LogP contribution in [0.1, 0.15) is 29.9 Å². The molecule has 182 valence electrons. The average Bonchev–Trinajstić information content (AvgIpc) is 3.27. The van der Waals surface area contributed by atoms with Crippen molar-refractivity contribution in [2.24, 2.45) is 0 Å². The highest BCUT2D eigenvalue weighted by atomic mass is 16.3. The van der Waals surface area contributed by atoms with E-state index in [0.717, 1.165) is 50.3 Å². The molecule has 1 unspecified atom stereocenters. The summed E-state index contributed by atoms with van der Waals surface area (Å²) >= 11 is 0. The van der Waals surface area contributed by atoms with E-state index >= 15 is 0 Å². The fourth-order valence-corrected chi connectivity index (χ4v) is 4.13. The van der Waals surface area contributed by atoms with E-state index in [4.69, 9.17) is 9.52 Å². The number of aliphatic hydroxyl groups excluding tert-OH is 1. The number of hydrogen-bond donors (Lipinski definition) is 3. The number of nitrogens with zero attached hydrogens (tertiary/aromatic N) is 4. The molecule has 0 aliphatic heterocycles. The molecule has 0 fully saturated rings. The predicted molar refractivity (Wildman–Crippen MR) is 142 cm³/mol. The number of aryl methyl sites for hydroxylation is 2. The van der Waals surface area contributed by atoms with Gasteiger partial charge in [0.05, 0.1) is 18.6 Å². The summed E-state index contributed by atoms with van der Waals surface area (Å²) in [5, 5.41) is 16.5. The fourth-order valence-electron chi connectivity index (χ4n) is 4.13. The van der Waals surface area contributed by atoms with E-state index in [0.29, 0.717) is 18.3 Å². The first-order valence-corrected chi connectivity index (χ1v) is 11.9. The summed E-state index contributed by atoms with van der Waals surface area (Å²) in [4.78, 5) is 18.0. The summed E-state index contributed by atoms with van der Waals surface area (Å²) in [6.45, 7) is 6.50. The number of fused-ring (bicyclic) bond motifs is 1. The smallest absolute Gasteiger partial charge is 0.222 e. The lowest BCUT2D eigenvalue weighted by Crippen LogP contribution is -2.09. The Hall–Kier alpha value is -4.30. The van der Waals surface area contributed by atoms with Gasteiger partial charge in [-0.05, 0) is 61.7 Å². The molecule has 36 heavy (non-hydrogen) atoms. The Kier molecular flexibility index (Phi) is 6.60. The van der Waals surface area contributed by atoms with Crippen molar-refractivity contribution in [1.29, 1.82) is 0 Å². The minimum Gasteiger partial charge on any atom is -0.464 e. The molecule has 5 aromatic rings. The number of nitrogens with one attached hydrogen (secondary N) is 2. The normalized spacial score (nSPS) is 12.0. The van der Waals surface area contributed by atoms with E-state index in [1.807, 2.05) is 44.2 Å². The second-order valence-electron chi connectivity index (χ2n) is 8.75. The van der Waals surface area contributed by atoms with Gasteiger partial charge in [-0.15, -0.1) is 0 Å². The maximum Gasteiger partial charge on any atom is 0.222 e. The largest absolute Gasteiger partial charge is 0.464 e. The van der Waals surface area contributed by atoms with Crippen LogP contribution in [0.4, 0.5) is 11.8 Å². The molecule has 0 aliphatic carbocycles. The molecule has 0 saturated carbocycles. The summed E-state index contributed by atoms with van der Waals surface area (Å²) in [6, 6.07) is 16.4. The van der Waals surface area contributed by atoms with Gasteiger partial charge in [0.2, 0.25) is 5.95 Å². The zero-order valence-corrected chi connectivity index (χ0v) is 20.5. The zero-order valence-electron chi connectivity index (χ0n) is 20.5. The van der Waals surface area contributed by atoms with Crippen LogP contribution in [0.25, 0.3) is 33.4 Å². The highest BCUT2D eigenvalue weighted by molar-refractivity contribution is 5.85. The van der Waals surface area contributed by atoms with E-state index < -0.39 is 0 Å². The Balaban J connectivity index is 1.36. The number of hydrogen-bond acceptors (Lipinski definition) is 8. The van der Waals surface area contributed by atoms with E-state index in [-0.39, 0.29) is 12.6 Å². The summed E-state index contributed by atoms with van der Waals surface area (Å²) < 4.78 is 5.59. The Morgan fingerprint density at radius 1 is 0.944 bits per heavy atom. The minimum absolute atomic E-state index is 0.0112. The highest BCUT2D eigenvalue weighted by Gasteiger charge is 2.12. The minimum atomic E-state index is 0.0112. The van der Waals surface area contributed by atoms with Gasteiger partial charge in [0.15, 0.2) is 0 Å². The van der Waals surface area contributed by atoms with Gasteiger partial charge in [-0.25, -0.2) is 19.9 Å². The van der Waals surface area contributed by atoms with Crippen LogP contribution in [-0.4, -0.2) is 38.2 Å². The molecule has 8 heteroatoms. The average molecular weight is 481 g/mol. The molecule has 3 N–H and O–H groups in total. The molecule has 1 atom stereocenters. The number of aliphatic hydroxyl groups is 1. The predicted octanol–water partition coefficient (Wildman–Crippen LogP) is 5.54. The molecule has 0 spiro atoms. The molecule has 0 amide bonds. The molecule has 3 heterocycles. The lowest BCUT2D eigenvalue weighted by atomic mass is 10.0. The number of furan rings is 1. The first-order valence-electron chi connectivity index (χ1n) is 11.9. The van der Waals surface area contributed by atoms with Crippen molar-refractivity contribution in [2.75, 3.05) is 23.8 Å². The SMILES string of the molecule is Cc1nc(NC(C)c2cccc(-c3cnc(NCCO)nc3)c2)cc(-c2ccc3occ(C)c3c2)n1. The third-order valence-electron chi connectivity index (χ3n) is 6.03. The van der Waals surface area contributed by atoms with Crippen LogP contribution in [0.3, 0.4) is 0 Å². The van der Waals surface area contributed by atoms with Crippen LogP contribution < -0.4 is 10.6 Å². The van der Waals surface area contributed by atoms with Gasteiger partial charge in [0.1, 0.15) is 17.2 Å². The van der Waals surface area contributed by atoms with Gasteiger partial charge in [-0.2, -0.15) is 0 Å². The molecule has 0 radical (unpaired) electrons. The Bertz CT molecular complexity index is 1500. The summed E-state index contributed by atoms with van der Waals surface area (Å²) in [7, 11) is 0. The lowest BCUT2D eigenvalue weighted by Gasteiger charge is -2.17. The van der Waals surface area contributed by atoms with Gasteiger partial charge in [-0.1, -0.05) is 18.2 Å². The monoisotopic (exact) mass is 480 g/mol. The van der Waals surface area contributed by atoms with E-state index in [2.05, 4.69) is 55.7 Å². The first-order chi connectivity index (χ1) is 17.5. The van der Waals surface area contributed by atoms with E-state index in [9.17, 15) is 0 Å². The number of rotatable bonds is 8. The molecular formula is C28H28N6O2. The Labute approximate surface area is 209 Å². The van der Waals surface area contributed by atoms with Gasteiger partial charge < -0.3 is 20.2 Å². The zero-order chi connectivity index (χ0) is 25.1. The Morgan fingerprint density at radius 3 is 2.58 bits per heavy atom. The highest BCUT2D eigenvalue weighted by Crippen LogP contribution is 2.29. The van der Waals surface area contributed by atoms with Crippen molar-refractivity contribution < 1.29 is 9.52 Å². The second-order valence-corrected chi connectivity index (χ2v) is 8.75. The van der Waals surface area contributed by atoms with Gasteiger partial charge >= 0.3 is 0 Å². The van der Waals surface area contributed by atoms with Crippen molar-refractivity contribution in [1.82, 2.24) is 19.9 Å². The number of anilines is 2. The number of benzene rings is 2. The van der Waals surface area contributed by atoms with Crippen LogP contribution >= 0.6 is 0 Å². The molecule has 8 nitrogen and oxygen atoms in total. The van der Waals surface area contributed by atoms with Crippen LogP contribution in [0.2, 0.25) is 0 Å². The van der Waals surface area contributed by atoms with E-state index in [1.54, 1.807) is 18.7 Å². The molecule has 0 bridgehead atoms. The van der Waals surface area contributed by atoms with E-state index in [1.165, 1.54) is 0 Å². The number of aromatic nitrogens is 4. The van der Waals surface area contributed by atoms with Crippen molar-refractivity contribution in [3.63, 3.8) is 0 Å². The van der Waals surface area contributed by atoms with Gasteiger partial charge in [0, 0.05) is 47.6 Å². The first kappa shape index (κ1) is 23.4. The second kappa shape index (κ2) is 10.1. The van der Waals surface area contributed by atoms with Crippen molar-refractivity contribution in [3.8, 4) is 22.4 Å². The maximum absolute atomic E-state index is 8.94. The lowest BCUT2D eigenvalue weighted by molar-refractivity contribution is 0.311. The van der Waals surface area contributed by atoms with Crippen molar-refractivity contribution >= 4 is 22.7 Å². The van der Waals surface area contributed by atoms with Crippen molar-refractivity contribution in [2.45, 2.75) is 26.8 Å². The molecule has 5 rings (SSSR count). The van der Waals surface area contributed by atoms with Crippen LogP contribution in [0.15, 0.2) is 71.6 Å². The quantitative estimate of drug-likeness (QED) is 0.266. The molecular weight excluding hydrogens is 452 g/mol. The van der Waals surface area contributed by atoms with Crippen molar-refractivity contribution in [3.05, 3.63) is 84.1 Å². The molecule has 0 saturated heterocycles. The summed E-state index contributed by atoms with van der Waals surface area (Å²) in [5.41, 5.74) is 6.92. The van der Waals surface area contributed by atoms with Crippen LogP contribution in [0, 0.1) is 13.8 Å². The standard InChI is InChI=1S/C28H28N6O2/c1-17-16-36-26-8-7-22(12-24(17)26)25-13-27(34-19(3)33-25)32-18(2)20-5-4-6-21(11-20)23-14-30-28(31-15-23)29-9-10-35/h4-8,11-16,18,35H,9-10H2,1-3H3,(H,29,30,31)(H,32,33,34). The third kappa shape index (κ3) is 5.04. The topological polar surface area (TPSA) is 109 Å². The van der Waals surface area contributed by atoms with Crippen LogP contribution in [0.5, 0.6) is 0 Å².